The van der Waals surface area contributed by atoms with Gasteiger partial charge in [-0.1, -0.05) is 71.7 Å². The van der Waals surface area contributed by atoms with Crippen molar-refractivity contribution in [2.24, 2.45) is 0 Å². The van der Waals surface area contributed by atoms with Gasteiger partial charge in [-0.3, -0.25) is 0 Å². The summed E-state index contributed by atoms with van der Waals surface area (Å²) in [7, 11) is 0. The molecule has 0 radical (unpaired) electrons. The molecule has 0 aliphatic rings. The first kappa shape index (κ1) is 20.7. The maximum absolute atomic E-state index is 6.26. The molecule has 160 valence electrons. The number of fused-ring (bicyclic) bond motifs is 2. The summed E-state index contributed by atoms with van der Waals surface area (Å²) in [4.78, 5) is 4.76. The van der Waals surface area contributed by atoms with Crippen molar-refractivity contribution in [3.8, 4) is 11.5 Å². The van der Waals surface area contributed by atoms with Gasteiger partial charge in [-0.2, -0.15) is 0 Å². The second-order valence-electron chi connectivity index (χ2n) is 7.36. The molecule has 0 bridgehead atoms. The molecule has 32 heavy (non-hydrogen) atoms. The Kier molecular flexibility index (Phi) is 5.89. The van der Waals surface area contributed by atoms with Gasteiger partial charge < -0.3 is 14.0 Å². The number of nitrogens with zero attached hydrogens (tertiary/aromatic N) is 2. The van der Waals surface area contributed by atoms with E-state index in [9.17, 15) is 0 Å². The zero-order valence-electron chi connectivity index (χ0n) is 17.2. The van der Waals surface area contributed by atoms with Crippen molar-refractivity contribution in [1.29, 1.82) is 0 Å². The second-order valence-corrected chi connectivity index (χ2v) is 8.20. The lowest BCUT2D eigenvalue weighted by Gasteiger charge is -2.13. The molecule has 0 atom stereocenters. The van der Waals surface area contributed by atoms with Crippen LogP contribution in [0.3, 0.4) is 0 Å². The van der Waals surface area contributed by atoms with Crippen molar-refractivity contribution in [2.75, 3.05) is 6.61 Å². The molecule has 0 spiro atoms. The average molecular weight is 463 g/mol. The molecule has 0 fully saturated rings. The van der Waals surface area contributed by atoms with E-state index >= 15 is 0 Å². The molecule has 0 amide bonds. The largest absolute Gasteiger partial charge is 0.491 e. The Labute approximate surface area is 195 Å². The molecular weight excluding hydrogens is 443 g/mol. The average Bonchev–Trinajstić information content (AvgIpc) is 3.16. The zero-order chi connectivity index (χ0) is 21.9. The van der Waals surface area contributed by atoms with Crippen molar-refractivity contribution in [3.05, 3.63) is 101 Å². The molecule has 5 aromatic rings. The number of benzene rings is 4. The van der Waals surface area contributed by atoms with Crippen LogP contribution in [-0.4, -0.2) is 16.2 Å². The SMILES string of the molecule is Clc1ccc(OCc2nc3ccccc3n2CCOc2cccc3ccccc23)c(Cl)c1. The minimum atomic E-state index is 0.282. The molecule has 4 aromatic carbocycles. The summed E-state index contributed by atoms with van der Waals surface area (Å²) in [5, 5.41) is 3.30. The summed E-state index contributed by atoms with van der Waals surface area (Å²) in [5.41, 5.74) is 1.95. The van der Waals surface area contributed by atoms with Gasteiger partial charge >= 0.3 is 0 Å². The maximum Gasteiger partial charge on any atom is 0.148 e. The third-order valence-electron chi connectivity index (χ3n) is 5.31. The predicted molar refractivity (Wildman–Crippen MR) is 130 cm³/mol. The minimum absolute atomic E-state index is 0.282. The van der Waals surface area contributed by atoms with Gasteiger partial charge in [-0.05, 0) is 41.8 Å². The van der Waals surface area contributed by atoms with Crippen molar-refractivity contribution >= 4 is 45.0 Å². The van der Waals surface area contributed by atoms with Crippen molar-refractivity contribution < 1.29 is 9.47 Å². The Bertz CT molecular complexity index is 1390. The summed E-state index contributed by atoms with van der Waals surface area (Å²) in [5.74, 6) is 2.25. The quantitative estimate of drug-likeness (QED) is 0.257. The fourth-order valence-electron chi connectivity index (χ4n) is 3.79. The number of imidazole rings is 1. The molecule has 0 unspecified atom stereocenters. The molecule has 0 saturated carbocycles. The molecule has 6 heteroatoms. The van der Waals surface area contributed by atoms with Crippen LogP contribution in [0.25, 0.3) is 21.8 Å². The number of ether oxygens (including phenoxy) is 2. The highest BCUT2D eigenvalue weighted by molar-refractivity contribution is 6.35. The third-order valence-corrected chi connectivity index (χ3v) is 5.84. The molecule has 0 aliphatic carbocycles. The lowest BCUT2D eigenvalue weighted by atomic mass is 10.1. The fraction of sp³-hybridized carbons (Fsp3) is 0.115. The Morgan fingerprint density at radius 1 is 0.781 bits per heavy atom. The van der Waals surface area contributed by atoms with Crippen LogP contribution < -0.4 is 9.47 Å². The van der Waals surface area contributed by atoms with Crippen molar-refractivity contribution in [1.82, 2.24) is 9.55 Å². The Balaban J connectivity index is 1.36. The summed E-state index contributed by atoms with van der Waals surface area (Å²) >= 11 is 12.2. The van der Waals surface area contributed by atoms with E-state index in [2.05, 4.69) is 28.8 Å². The van der Waals surface area contributed by atoms with Gasteiger partial charge in [0.1, 0.15) is 30.5 Å². The zero-order valence-corrected chi connectivity index (χ0v) is 18.7. The van der Waals surface area contributed by atoms with E-state index in [0.717, 1.165) is 33.4 Å². The lowest BCUT2D eigenvalue weighted by molar-refractivity contribution is 0.273. The fourth-order valence-corrected chi connectivity index (χ4v) is 4.25. The van der Waals surface area contributed by atoms with Crippen LogP contribution in [0.5, 0.6) is 11.5 Å². The smallest absolute Gasteiger partial charge is 0.148 e. The molecular formula is C26H20Cl2N2O2. The monoisotopic (exact) mass is 462 g/mol. The van der Waals surface area contributed by atoms with E-state index in [-0.39, 0.29) is 6.61 Å². The number of hydrogen-bond acceptors (Lipinski definition) is 3. The van der Waals surface area contributed by atoms with Gasteiger partial charge in [0.25, 0.3) is 0 Å². The minimum Gasteiger partial charge on any atom is -0.491 e. The Hall–Kier alpha value is -3.21. The highest BCUT2D eigenvalue weighted by Gasteiger charge is 2.13. The van der Waals surface area contributed by atoms with Gasteiger partial charge in [-0.25, -0.2) is 4.98 Å². The van der Waals surface area contributed by atoms with Crippen LogP contribution in [0.1, 0.15) is 5.82 Å². The molecule has 5 rings (SSSR count). The summed E-state index contributed by atoms with van der Waals surface area (Å²) < 4.78 is 14.3. The van der Waals surface area contributed by atoms with Crippen LogP contribution in [0, 0.1) is 0 Å². The van der Waals surface area contributed by atoms with Crippen LogP contribution in [0.2, 0.25) is 10.0 Å². The molecule has 0 N–H and O–H groups in total. The van der Waals surface area contributed by atoms with Gasteiger partial charge in [0.15, 0.2) is 0 Å². The van der Waals surface area contributed by atoms with E-state index in [1.54, 1.807) is 18.2 Å². The van der Waals surface area contributed by atoms with Gasteiger partial charge in [0.2, 0.25) is 0 Å². The number of hydrogen-bond donors (Lipinski definition) is 0. The van der Waals surface area contributed by atoms with Gasteiger partial charge in [0.05, 0.1) is 22.6 Å². The van der Waals surface area contributed by atoms with E-state index in [4.69, 9.17) is 37.7 Å². The topological polar surface area (TPSA) is 36.3 Å². The van der Waals surface area contributed by atoms with Gasteiger partial charge in [-0.15, -0.1) is 0 Å². The summed E-state index contributed by atoms with van der Waals surface area (Å²) in [6.07, 6.45) is 0. The summed E-state index contributed by atoms with van der Waals surface area (Å²) in [6, 6.07) is 27.5. The highest BCUT2D eigenvalue weighted by atomic mass is 35.5. The van der Waals surface area contributed by atoms with Gasteiger partial charge in [0, 0.05) is 10.4 Å². The highest BCUT2D eigenvalue weighted by Crippen LogP contribution is 2.29. The first-order valence-electron chi connectivity index (χ1n) is 10.3. The van der Waals surface area contributed by atoms with Crippen LogP contribution in [0.4, 0.5) is 0 Å². The lowest BCUT2D eigenvalue weighted by Crippen LogP contribution is -2.13. The van der Waals surface area contributed by atoms with E-state index in [1.165, 1.54) is 0 Å². The Morgan fingerprint density at radius 3 is 2.50 bits per heavy atom. The molecule has 4 nitrogen and oxygen atoms in total. The van der Waals surface area contributed by atoms with Crippen LogP contribution in [0.15, 0.2) is 84.9 Å². The predicted octanol–water partition coefficient (Wildman–Crippen LogP) is 7.15. The maximum atomic E-state index is 6.26. The molecule has 0 aliphatic heterocycles. The number of para-hydroxylation sites is 2. The first-order chi connectivity index (χ1) is 15.7. The van der Waals surface area contributed by atoms with Crippen molar-refractivity contribution in [3.63, 3.8) is 0 Å². The normalized spacial score (nSPS) is 11.2. The molecule has 1 aromatic heterocycles. The molecule has 1 heterocycles. The second kappa shape index (κ2) is 9.11. The third kappa shape index (κ3) is 4.24. The number of halogens is 2. The van der Waals surface area contributed by atoms with Crippen LogP contribution in [-0.2, 0) is 13.2 Å². The standard InChI is InChI=1S/C26H20Cl2N2O2/c27-19-12-13-25(21(28)16-19)32-17-26-29-22-9-3-4-10-23(22)30(26)14-15-31-24-11-5-7-18-6-1-2-8-20(18)24/h1-13,16H,14-15,17H2. The summed E-state index contributed by atoms with van der Waals surface area (Å²) in [6.45, 7) is 1.42. The number of aromatic nitrogens is 2. The Morgan fingerprint density at radius 2 is 1.59 bits per heavy atom. The van der Waals surface area contributed by atoms with Crippen LogP contribution >= 0.6 is 23.2 Å². The van der Waals surface area contributed by atoms with E-state index in [0.29, 0.717) is 28.9 Å². The molecule has 0 saturated heterocycles. The number of rotatable bonds is 7. The van der Waals surface area contributed by atoms with E-state index < -0.39 is 0 Å². The van der Waals surface area contributed by atoms with E-state index in [1.807, 2.05) is 42.5 Å². The first-order valence-corrected chi connectivity index (χ1v) is 11.1. The van der Waals surface area contributed by atoms with Crippen molar-refractivity contribution in [2.45, 2.75) is 13.2 Å².